The molecule has 0 atom stereocenters. The fourth-order valence-corrected chi connectivity index (χ4v) is 2.91. The minimum Gasteiger partial charge on any atom is -0.508 e. The molecule has 1 aromatic carbocycles. The highest BCUT2D eigenvalue weighted by atomic mass is 127. The van der Waals surface area contributed by atoms with Crippen molar-refractivity contribution in [2.45, 2.75) is 32.7 Å². The zero-order valence-electron chi connectivity index (χ0n) is 15.0. The molecule has 0 aromatic heterocycles. The summed E-state index contributed by atoms with van der Waals surface area (Å²) in [6.45, 7) is 5.31. The molecule has 0 unspecified atom stereocenters. The van der Waals surface area contributed by atoms with E-state index in [2.05, 4.69) is 22.5 Å². The molecular weight excluding hydrogens is 431 g/mol. The number of halogens is 1. The summed E-state index contributed by atoms with van der Waals surface area (Å²) in [4.78, 5) is 18.5. The number of amides is 1. The second kappa shape index (κ2) is 11.2. The minimum absolute atomic E-state index is 0. The monoisotopic (exact) mass is 460 g/mol. The van der Waals surface area contributed by atoms with Crippen LogP contribution in [0.3, 0.4) is 0 Å². The fraction of sp³-hybridized carbons (Fsp3) is 0.556. The summed E-state index contributed by atoms with van der Waals surface area (Å²) >= 11 is 0. The van der Waals surface area contributed by atoms with Crippen LogP contribution in [0.1, 0.15) is 31.7 Å². The molecule has 0 aliphatic carbocycles. The Morgan fingerprint density at radius 3 is 2.48 bits per heavy atom. The third-order valence-corrected chi connectivity index (χ3v) is 4.35. The Labute approximate surface area is 167 Å². The van der Waals surface area contributed by atoms with Crippen LogP contribution in [0, 0.1) is 5.92 Å². The standard InChI is InChI=1S/C18H28N4O2.HI/c1-3-20-18(21-13-15-4-6-16(23)7-5-15)22-10-8-14(9-11-22)12-17(24)19-2;/h4-7,14,23H,3,8-13H2,1-2H3,(H,19,24)(H,20,21);1H. The molecular formula is C18H29IN4O2. The number of aromatic hydroxyl groups is 1. The van der Waals surface area contributed by atoms with Crippen LogP contribution >= 0.6 is 24.0 Å². The molecule has 1 saturated heterocycles. The fourth-order valence-electron chi connectivity index (χ4n) is 2.91. The molecule has 1 fully saturated rings. The van der Waals surface area contributed by atoms with E-state index in [1.54, 1.807) is 19.2 Å². The number of carbonyl (C=O) groups excluding carboxylic acids is 1. The van der Waals surface area contributed by atoms with Gasteiger partial charge in [-0.1, -0.05) is 12.1 Å². The number of carbonyl (C=O) groups is 1. The number of nitrogens with one attached hydrogen (secondary N) is 2. The molecule has 6 nitrogen and oxygen atoms in total. The minimum atomic E-state index is 0. The number of hydrogen-bond acceptors (Lipinski definition) is 3. The Kier molecular flexibility index (Phi) is 9.62. The first-order chi connectivity index (χ1) is 11.6. The Morgan fingerprint density at radius 1 is 1.28 bits per heavy atom. The summed E-state index contributed by atoms with van der Waals surface area (Å²) in [6.07, 6.45) is 2.64. The molecule has 1 aromatic rings. The maximum atomic E-state index is 11.5. The van der Waals surface area contributed by atoms with Gasteiger partial charge in [0, 0.05) is 33.1 Å². The summed E-state index contributed by atoms with van der Waals surface area (Å²) in [7, 11) is 1.69. The molecule has 0 radical (unpaired) electrons. The number of piperidine rings is 1. The molecule has 1 aliphatic rings. The van der Waals surface area contributed by atoms with Crippen molar-refractivity contribution < 1.29 is 9.90 Å². The van der Waals surface area contributed by atoms with Gasteiger partial charge in [-0.15, -0.1) is 24.0 Å². The van der Waals surface area contributed by atoms with Crippen LogP contribution in [0.5, 0.6) is 5.75 Å². The van der Waals surface area contributed by atoms with Gasteiger partial charge in [0.15, 0.2) is 5.96 Å². The lowest BCUT2D eigenvalue weighted by Crippen LogP contribution is -2.46. The van der Waals surface area contributed by atoms with E-state index in [1.165, 1.54) is 0 Å². The maximum Gasteiger partial charge on any atom is 0.220 e. The molecule has 1 heterocycles. The topological polar surface area (TPSA) is 77.0 Å². The molecule has 25 heavy (non-hydrogen) atoms. The average molecular weight is 460 g/mol. The van der Waals surface area contributed by atoms with Gasteiger partial charge in [-0.05, 0) is 43.4 Å². The third-order valence-electron chi connectivity index (χ3n) is 4.35. The second-order valence-corrected chi connectivity index (χ2v) is 6.14. The molecule has 3 N–H and O–H groups in total. The van der Waals surface area contributed by atoms with Gasteiger partial charge in [0.05, 0.1) is 6.54 Å². The number of guanidine groups is 1. The number of benzene rings is 1. The molecule has 0 spiro atoms. The van der Waals surface area contributed by atoms with Crippen molar-refractivity contribution in [3.05, 3.63) is 29.8 Å². The number of aliphatic imine (C=N–C) groups is 1. The van der Waals surface area contributed by atoms with E-state index >= 15 is 0 Å². The van der Waals surface area contributed by atoms with Crippen molar-refractivity contribution in [2.24, 2.45) is 10.9 Å². The van der Waals surface area contributed by atoms with Gasteiger partial charge in [0.2, 0.25) is 5.91 Å². The molecule has 0 bridgehead atoms. The van der Waals surface area contributed by atoms with Crippen molar-refractivity contribution in [1.82, 2.24) is 15.5 Å². The van der Waals surface area contributed by atoms with E-state index in [-0.39, 0.29) is 35.6 Å². The van der Waals surface area contributed by atoms with Crippen molar-refractivity contribution in [2.75, 3.05) is 26.7 Å². The number of nitrogens with zero attached hydrogens (tertiary/aromatic N) is 2. The highest BCUT2D eigenvalue weighted by Gasteiger charge is 2.22. The number of rotatable bonds is 5. The Balaban J connectivity index is 0.00000312. The molecule has 140 valence electrons. The molecule has 2 rings (SSSR count). The van der Waals surface area contributed by atoms with E-state index in [4.69, 9.17) is 4.99 Å². The lowest BCUT2D eigenvalue weighted by atomic mass is 9.93. The Hall–Kier alpha value is -1.51. The normalized spacial score (nSPS) is 15.4. The van der Waals surface area contributed by atoms with Crippen molar-refractivity contribution in [3.63, 3.8) is 0 Å². The van der Waals surface area contributed by atoms with Crippen LogP contribution in [0.15, 0.2) is 29.3 Å². The van der Waals surface area contributed by atoms with Crippen LogP contribution in [-0.2, 0) is 11.3 Å². The Bertz CT molecular complexity index is 555. The van der Waals surface area contributed by atoms with E-state index < -0.39 is 0 Å². The smallest absolute Gasteiger partial charge is 0.220 e. The SMILES string of the molecule is CCNC(=NCc1ccc(O)cc1)N1CCC(CC(=O)NC)CC1.I. The van der Waals surface area contributed by atoms with Gasteiger partial charge in [-0.3, -0.25) is 4.79 Å². The van der Waals surface area contributed by atoms with E-state index in [0.29, 0.717) is 18.9 Å². The first kappa shape index (κ1) is 21.5. The average Bonchev–Trinajstić information content (AvgIpc) is 2.60. The van der Waals surface area contributed by atoms with Gasteiger partial charge >= 0.3 is 0 Å². The van der Waals surface area contributed by atoms with Gasteiger partial charge in [-0.2, -0.15) is 0 Å². The summed E-state index contributed by atoms with van der Waals surface area (Å²) in [6, 6.07) is 7.14. The summed E-state index contributed by atoms with van der Waals surface area (Å²) < 4.78 is 0. The quantitative estimate of drug-likeness (QED) is 0.358. The highest BCUT2D eigenvalue weighted by molar-refractivity contribution is 14.0. The lowest BCUT2D eigenvalue weighted by Gasteiger charge is -2.34. The van der Waals surface area contributed by atoms with Crippen LogP contribution in [0.25, 0.3) is 0 Å². The zero-order chi connectivity index (χ0) is 17.4. The Morgan fingerprint density at radius 2 is 1.92 bits per heavy atom. The van der Waals surface area contributed by atoms with Gasteiger partial charge in [0.1, 0.15) is 5.75 Å². The van der Waals surface area contributed by atoms with E-state index in [1.807, 2.05) is 12.1 Å². The van der Waals surface area contributed by atoms with Crippen molar-refractivity contribution in [3.8, 4) is 5.75 Å². The van der Waals surface area contributed by atoms with Gasteiger partial charge in [0.25, 0.3) is 0 Å². The number of phenolic OH excluding ortho intramolecular Hbond substituents is 1. The van der Waals surface area contributed by atoms with E-state index in [0.717, 1.165) is 44.0 Å². The van der Waals surface area contributed by atoms with Crippen molar-refractivity contribution >= 4 is 35.8 Å². The summed E-state index contributed by atoms with van der Waals surface area (Å²) in [5.74, 6) is 1.78. The number of hydrogen-bond donors (Lipinski definition) is 3. The largest absolute Gasteiger partial charge is 0.508 e. The summed E-state index contributed by atoms with van der Waals surface area (Å²) in [5, 5.41) is 15.4. The van der Waals surface area contributed by atoms with Crippen LogP contribution in [0.2, 0.25) is 0 Å². The first-order valence-corrected chi connectivity index (χ1v) is 8.64. The molecule has 1 amide bonds. The number of phenols is 1. The maximum absolute atomic E-state index is 11.5. The molecule has 1 aliphatic heterocycles. The van der Waals surface area contributed by atoms with E-state index in [9.17, 15) is 9.90 Å². The van der Waals surface area contributed by atoms with Crippen LogP contribution in [0.4, 0.5) is 0 Å². The van der Waals surface area contributed by atoms with Crippen LogP contribution < -0.4 is 10.6 Å². The van der Waals surface area contributed by atoms with Crippen molar-refractivity contribution in [1.29, 1.82) is 0 Å². The number of likely N-dealkylation sites (tertiary alicyclic amines) is 1. The molecule has 0 saturated carbocycles. The van der Waals surface area contributed by atoms with Gasteiger partial charge in [-0.25, -0.2) is 4.99 Å². The van der Waals surface area contributed by atoms with Crippen LogP contribution in [-0.4, -0.2) is 48.6 Å². The summed E-state index contributed by atoms with van der Waals surface area (Å²) in [5.41, 5.74) is 1.07. The zero-order valence-corrected chi connectivity index (χ0v) is 17.3. The first-order valence-electron chi connectivity index (χ1n) is 8.64. The predicted octanol–water partition coefficient (Wildman–Crippen LogP) is 2.32. The third kappa shape index (κ3) is 7.09. The molecule has 7 heteroatoms. The predicted molar refractivity (Wildman–Crippen MR) is 111 cm³/mol. The lowest BCUT2D eigenvalue weighted by molar-refractivity contribution is -0.121. The second-order valence-electron chi connectivity index (χ2n) is 6.14. The van der Waals surface area contributed by atoms with Gasteiger partial charge < -0.3 is 20.6 Å². The highest BCUT2D eigenvalue weighted by Crippen LogP contribution is 2.20.